The Bertz CT molecular complexity index is 1020. The number of rotatable bonds is 7. The summed E-state index contributed by atoms with van der Waals surface area (Å²) in [5.74, 6) is -0.776. The second-order valence-electron chi connectivity index (χ2n) is 6.83. The quantitative estimate of drug-likeness (QED) is 0.693. The Balaban J connectivity index is 1.64. The molecule has 0 fully saturated rings. The molecule has 0 radical (unpaired) electrons. The van der Waals surface area contributed by atoms with E-state index in [1.807, 2.05) is 26.0 Å². The van der Waals surface area contributed by atoms with Gasteiger partial charge >= 0.3 is 0 Å². The summed E-state index contributed by atoms with van der Waals surface area (Å²) in [6, 6.07) is 12.2. The van der Waals surface area contributed by atoms with Crippen LogP contribution in [0.25, 0.3) is 0 Å². The third kappa shape index (κ3) is 5.19. The lowest BCUT2D eigenvalue weighted by Gasteiger charge is -2.23. The largest absolute Gasteiger partial charge is 0.326 e. The summed E-state index contributed by atoms with van der Waals surface area (Å²) in [7, 11) is -3.65. The van der Waals surface area contributed by atoms with Gasteiger partial charge in [-0.2, -0.15) is 0 Å². The minimum atomic E-state index is -3.65. The van der Waals surface area contributed by atoms with E-state index in [1.165, 1.54) is 23.9 Å². The number of amides is 2. The number of thioether (sulfide) groups is 1. The third-order valence-corrected chi connectivity index (χ3v) is 7.90. The average molecular weight is 433 g/mol. The molecule has 1 heterocycles. The first kappa shape index (κ1) is 21.4. The fourth-order valence-corrected chi connectivity index (χ4v) is 5.27. The Hall–Kier alpha value is -2.32. The van der Waals surface area contributed by atoms with Gasteiger partial charge in [-0.15, -0.1) is 11.8 Å². The molecule has 6 nitrogen and oxygen atoms in total. The van der Waals surface area contributed by atoms with Gasteiger partial charge in [0.2, 0.25) is 11.8 Å². The maximum absolute atomic E-state index is 12.7. The smallest absolute Gasteiger partial charge is 0.237 e. The fourth-order valence-electron chi connectivity index (χ4n) is 2.98. The summed E-state index contributed by atoms with van der Waals surface area (Å²) in [4.78, 5) is 25.2. The van der Waals surface area contributed by atoms with Crippen molar-refractivity contribution in [1.29, 1.82) is 0 Å². The van der Waals surface area contributed by atoms with Gasteiger partial charge in [-0.25, -0.2) is 8.42 Å². The predicted molar refractivity (Wildman–Crippen MR) is 116 cm³/mol. The first-order chi connectivity index (χ1) is 13.8. The number of aryl methyl sites for hydroxylation is 1. The average Bonchev–Trinajstić information content (AvgIpc) is 2.72. The van der Waals surface area contributed by atoms with Crippen LogP contribution >= 0.6 is 11.8 Å². The maximum atomic E-state index is 12.7. The number of hydrogen-bond donors (Lipinski definition) is 2. The van der Waals surface area contributed by atoms with Crippen molar-refractivity contribution in [2.75, 3.05) is 16.4 Å². The van der Waals surface area contributed by atoms with Crippen LogP contribution in [0.3, 0.4) is 0 Å². The molecular formula is C21H24N2O4S2. The van der Waals surface area contributed by atoms with E-state index in [0.717, 1.165) is 16.9 Å². The monoisotopic (exact) mass is 432 g/mol. The second kappa shape index (κ2) is 9.00. The van der Waals surface area contributed by atoms with Crippen molar-refractivity contribution < 1.29 is 18.0 Å². The summed E-state index contributed by atoms with van der Waals surface area (Å²) in [5, 5.41) is 5.33. The van der Waals surface area contributed by atoms with Gasteiger partial charge in [0.05, 0.1) is 21.6 Å². The molecule has 154 valence electrons. The van der Waals surface area contributed by atoms with E-state index in [0.29, 0.717) is 17.8 Å². The molecule has 3 rings (SSSR count). The minimum Gasteiger partial charge on any atom is -0.326 e. The van der Waals surface area contributed by atoms with Crippen LogP contribution in [-0.2, 0) is 25.8 Å². The number of anilines is 2. The molecule has 0 bridgehead atoms. The summed E-state index contributed by atoms with van der Waals surface area (Å²) in [6.45, 7) is 3.98. The molecule has 2 aromatic rings. The van der Waals surface area contributed by atoms with Crippen LogP contribution < -0.4 is 10.6 Å². The summed E-state index contributed by atoms with van der Waals surface area (Å²) in [6.07, 6.45) is 1.46. The van der Waals surface area contributed by atoms with Crippen LogP contribution in [-0.4, -0.2) is 31.2 Å². The molecule has 2 amide bonds. The fraction of sp³-hybridized carbons (Fsp3) is 0.333. The molecule has 1 aliphatic heterocycles. The zero-order chi connectivity index (χ0) is 21.0. The second-order valence-corrected chi connectivity index (χ2v) is 10.2. The number of carbonyl (C=O) groups is 2. The molecular weight excluding hydrogens is 408 g/mol. The highest BCUT2D eigenvalue weighted by atomic mass is 32.2. The third-order valence-electron chi connectivity index (χ3n) is 4.74. The van der Waals surface area contributed by atoms with Crippen molar-refractivity contribution in [2.45, 2.75) is 48.2 Å². The van der Waals surface area contributed by atoms with Crippen LogP contribution in [0, 0.1) is 0 Å². The first-order valence-corrected chi connectivity index (χ1v) is 12.1. The zero-order valence-corrected chi connectivity index (χ0v) is 18.0. The first-order valence-electron chi connectivity index (χ1n) is 9.55. The summed E-state index contributed by atoms with van der Waals surface area (Å²) < 4.78 is 25.3. The molecule has 1 aliphatic rings. The topological polar surface area (TPSA) is 92.3 Å². The van der Waals surface area contributed by atoms with Crippen molar-refractivity contribution in [3.05, 3.63) is 48.0 Å². The normalized spacial score (nSPS) is 16.1. The number of benzene rings is 2. The van der Waals surface area contributed by atoms with Gasteiger partial charge in [0.1, 0.15) is 0 Å². The van der Waals surface area contributed by atoms with Crippen molar-refractivity contribution >= 4 is 44.8 Å². The van der Waals surface area contributed by atoms with Crippen LogP contribution in [0.1, 0.15) is 32.3 Å². The molecule has 2 aromatic carbocycles. The van der Waals surface area contributed by atoms with E-state index in [2.05, 4.69) is 10.6 Å². The Morgan fingerprint density at radius 3 is 2.52 bits per heavy atom. The Morgan fingerprint density at radius 1 is 1.14 bits per heavy atom. The van der Waals surface area contributed by atoms with E-state index in [4.69, 9.17) is 0 Å². The Labute approximate surface area is 175 Å². The van der Waals surface area contributed by atoms with E-state index in [9.17, 15) is 18.0 Å². The molecule has 0 spiro atoms. The van der Waals surface area contributed by atoms with Gasteiger partial charge < -0.3 is 10.6 Å². The van der Waals surface area contributed by atoms with E-state index in [1.54, 1.807) is 18.2 Å². The number of hydrogen-bond acceptors (Lipinski definition) is 5. The SMILES string of the molecule is CCc1ccc(NC(=O)CCS(=O)(=O)c2ccc3c(c2)NC(=O)[C@@H](CC)S3)cc1. The highest BCUT2D eigenvalue weighted by Crippen LogP contribution is 2.38. The molecule has 8 heteroatoms. The molecule has 0 aromatic heterocycles. The van der Waals surface area contributed by atoms with Gasteiger partial charge in [0.15, 0.2) is 9.84 Å². The van der Waals surface area contributed by atoms with Gasteiger partial charge in [-0.3, -0.25) is 9.59 Å². The number of carbonyl (C=O) groups excluding carboxylic acids is 2. The molecule has 0 saturated heterocycles. The molecule has 0 aliphatic carbocycles. The van der Waals surface area contributed by atoms with Gasteiger partial charge in [0, 0.05) is 17.0 Å². The van der Waals surface area contributed by atoms with Crippen LogP contribution in [0.15, 0.2) is 52.3 Å². The van der Waals surface area contributed by atoms with E-state index < -0.39 is 9.84 Å². The van der Waals surface area contributed by atoms with Crippen molar-refractivity contribution in [3.8, 4) is 0 Å². The van der Waals surface area contributed by atoms with Crippen molar-refractivity contribution in [1.82, 2.24) is 0 Å². The van der Waals surface area contributed by atoms with Crippen LogP contribution in [0.4, 0.5) is 11.4 Å². The molecule has 29 heavy (non-hydrogen) atoms. The lowest BCUT2D eigenvalue weighted by Crippen LogP contribution is -2.28. The van der Waals surface area contributed by atoms with Crippen LogP contribution in [0.5, 0.6) is 0 Å². The predicted octanol–water partition coefficient (Wildman–Crippen LogP) is 3.87. The van der Waals surface area contributed by atoms with E-state index >= 15 is 0 Å². The number of sulfone groups is 1. The molecule has 1 atom stereocenters. The van der Waals surface area contributed by atoms with Crippen molar-refractivity contribution in [3.63, 3.8) is 0 Å². The summed E-state index contributed by atoms with van der Waals surface area (Å²) in [5.41, 5.74) is 2.31. The Morgan fingerprint density at radius 2 is 1.86 bits per heavy atom. The van der Waals surface area contributed by atoms with E-state index in [-0.39, 0.29) is 34.1 Å². The Kier molecular flexibility index (Phi) is 6.64. The zero-order valence-electron chi connectivity index (χ0n) is 16.4. The van der Waals surface area contributed by atoms with Crippen LogP contribution in [0.2, 0.25) is 0 Å². The maximum Gasteiger partial charge on any atom is 0.237 e. The van der Waals surface area contributed by atoms with Gasteiger partial charge in [-0.1, -0.05) is 26.0 Å². The number of nitrogens with one attached hydrogen (secondary N) is 2. The lowest BCUT2D eigenvalue weighted by molar-refractivity contribution is -0.116. The highest BCUT2D eigenvalue weighted by molar-refractivity contribution is 8.01. The highest BCUT2D eigenvalue weighted by Gasteiger charge is 2.27. The minimum absolute atomic E-state index is 0.104. The molecule has 2 N–H and O–H groups in total. The number of fused-ring (bicyclic) bond motifs is 1. The van der Waals surface area contributed by atoms with Crippen molar-refractivity contribution in [2.24, 2.45) is 0 Å². The standard InChI is InChI=1S/C21H24N2O4S2/c1-3-14-5-7-15(8-6-14)22-20(24)11-12-29(26,27)16-9-10-19-17(13-16)23-21(25)18(4-2)28-19/h5-10,13,18H,3-4,11-12H2,1-2H3,(H,22,24)(H,23,25)/t18-/m1/s1. The molecule has 0 saturated carbocycles. The lowest BCUT2D eigenvalue weighted by atomic mass is 10.1. The van der Waals surface area contributed by atoms with Gasteiger partial charge in [0.25, 0.3) is 0 Å². The van der Waals surface area contributed by atoms with Gasteiger partial charge in [-0.05, 0) is 48.7 Å². The molecule has 0 unspecified atom stereocenters. The summed E-state index contributed by atoms with van der Waals surface area (Å²) >= 11 is 1.44.